The number of thiazole rings is 1. The van der Waals surface area contributed by atoms with Crippen LogP contribution < -0.4 is 10.6 Å². The molecule has 2 rings (SSSR count). The summed E-state index contributed by atoms with van der Waals surface area (Å²) in [7, 11) is 0. The molecule has 1 saturated heterocycles. The first-order valence-electron chi connectivity index (χ1n) is 6.47. The Labute approximate surface area is 108 Å². The molecule has 3 nitrogen and oxygen atoms in total. The van der Waals surface area contributed by atoms with Gasteiger partial charge in [-0.3, -0.25) is 0 Å². The third-order valence-corrected chi connectivity index (χ3v) is 4.41. The van der Waals surface area contributed by atoms with E-state index in [4.69, 9.17) is 0 Å². The first kappa shape index (κ1) is 13.0. The normalized spacial score (nSPS) is 21.6. The highest BCUT2D eigenvalue weighted by atomic mass is 32.1. The molecule has 4 heteroatoms. The fourth-order valence-electron chi connectivity index (χ4n) is 2.50. The second kappa shape index (κ2) is 5.94. The third-order valence-electron chi connectivity index (χ3n) is 3.77. The summed E-state index contributed by atoms with van der Waals surface area (Å²) in [6, 6.07) is 0. The summed E-state index contributed by atoms with van der Waals surface area (Å²) >= 11 is 1.66. The van der Waals surface area contributed by atoms with Gasteiger partial charge in [0.05, 0.1) is 11.2 Å². The van der Waals surface area contributed by atoms with E-state index in [2.05, 4.69) is 34.8 Å². The lowest BCUT2D eigenvalue weighted by atomic mass is 9.75. The fraction of sp³-hybridized carbons (Fsp3) is 0.769. The summed E-state index contributed by atoms with van der Waals surface area (Å²) in [5, 5.41) is 9.16. The van der Waals surface area contributed by atoms with Crippen LogP contribution in [0.15, 0.2) is 10.9 Å². The quantitative estimate of drug-likeness (QED) is 0.845. The fourth-order valence-corrected chi connectivity index (χ4v) is 3.06. The molecule has 1 aliphatic heterocycles. The summed E-state index contributed by atoms with van der Waals surface area (Å²) in [6.07, 6.45) is 2.68. The molecule has 1 fully saturated rings. The predicted octanol–water partition coefficient (Wildman–Crippen LogP) is 2.26. The average molecular weight is 253 g/mol. The second-order valence-electron chi connectivity index (χ2n) is 5.62. The lowest BCUT2D eigenvalue weighted by molar-refractivity contribution is 0.166. The molecule has 0 bridgehead atoms. The smallest absolute Gasteiger partial charge is 0.0795 e. The van der Waals surface area contributed by atoms with Crippen molar-refractivity contribution >= 4 is 11.3 Å². The van der Waals surface area contributed by atoms with Crippen LogP contribution in [0.2, 0.25) is 0 Å². The molecule has 96 valence electrons. The van der Waals surface area contributed by atoms with Crippen molar-refractivity contribution < 1.29 is 0 Å². The lowest BCUT2D eigenvalue weighted by Gasteiger charge is -2.37. The zero-order chi connectivity index (χ0) is 12.1. The molecule has 1 aromatic rings. The molecule has 1 atom stereocenters. The maximum atomic E-state index is 4.29. The molecule has 1 unspecified atom stereocenters. The van der Waals surface area contributed by atoms with Gasteiger partial charge in [-0.2, -0.15) is 0 Å². The van der Waals surface area contributed by atoms with Crippen LogP contribution in [0.1, 0.15) is 32.4 Å². The van der Waals surface area contributed by atoms with E-state index in [1.165, 1.54) is 25.9 Å². The van der Waals surface area contributed by atoms with Gasteiger partial charge in [-0.25, -0.2) is 4.98 Å². The number of rotatable bonds is 5. The van der Waals surface area contributed by atoms with Crippen LogP contribution in [0.5, 0.6) is 0 Å². The van der Waals surface area contributed by atoms with Gasteiger partial charge in [-0.1, -0.05) is 13.8 Å². The lowest BCUT2D eigenvalue weighted by Crippen LogP contribution is -2.43. The molecule has 0 saturated carbocycles. The van der Waals surface area contributed by atoms with Gasteiger partial charge < -0.3 is 10.6 Å². The van der Waals surface area contributed by atoms with Crippen molar-refractivity contribution in [3.05, 3.63) is 16.6 Å². The van der Waals surface area contributed by atoms with E-state index in [-0.39, 0.29) is 0 Å². The van der Waals surface area contributed by atoms with E-state index < -0.39 is 0 Å². The van der Waals surface area contributed by atoms with E-state index in [0.717, 1.165) is 24.7 Å². The van der Waals surface area contributed by atoms with Gasteiger partial charge in [-0.05, 0) is 37.3 Å². The molecule has 1 aliphatic rings. The molecule has 17 heavy (non-hydrogen) atoms. The van der Waals surface area contributed by atoms with Crippen molar-refractivity contribution in [1.82, 2.24) is 15.6 Å². The Kier molecular flexibility index (Phi) is 4.54. The molecular formula is C13H23N3S. The van der Waals surface area contributed by atoms with Crippen LogP contribution in [0.25, 0.3) is 0 Å². The standard InChI is InChI=1S/C13H23N3S/c1-13(2,11-4-3-5-14-6-11)9-15-7-12-8-17-10-16-12/h8,10-11,14-15H,3-7,9H2,1-2H3. The Morgan fingerprint density at radius 2 is 2.47 bits per heavy atom. The highest BCUT2D eigenvalue weighted by molar-refractivity contribution is 7.07. The number of hydrogen-bond acceptors (Lipinski definition) is 4. The van der Waals surface area contributed by atoms with Crippen LogP contribution in [-0.4, -0.2) is 24.6 Å². The van der Waals surface area contributed by atoms with Crippen LogP contribution in [-0.2, 0) is 6.54 Å². The van der Waals surface area contributed by atoms with Gasteiger partial charge in [0.25, 0.3) is 0 Å². The second-order valence-corrected chi connectivity index (χ2v) is 6.33. The van der Waals surface area contributed by atoms with Gasteiger partial charge in [0.2, 0.25) is 0 Å². The molecular weight excluding hydrogens is 230 g/mol. The van der Waals surface area contributed by atoms with Crippen LogP contribution in [0.4, 0.5) is 0 Å². The van der Waals surface area contributed by atoms with Gasteiger partial charge in [0.1, 0.15) is 0 Å². The van der Waals surface area contributed by atoms with E-state index >= 15 is 0 Å². The third kappa shape index (κ3) is 3.76. The topological polar surface area (TPSA) is 37.0 Å². The van der Waals surface area contributed by atoms with E-state index in [1.807, 2.05) is 5.51 Å². The summed E-state index contributed by atoms with van der Waals surface area (Å²) < 4.78 is 0. The SMILES string of the molecule is CC(C)(CNCc1cscn1)C1CCCNC1. The highest BCUT2D eigenvalue weighted by Crippen LogP contribution is 2.30. The average Bonchev–Trinajstić information content (AvgIpc) is 2.83. The Morgan fingerprint density at radius 1 is 1.59 bits per heavy atom. The minimum absolute atomic E-state index is 0.365. The van der Waals surface area contributed by atoms with Crippen molar-refractivity contribution in [3.8, 4) is 0 Å². The van der Waals surface area contributed by atoms with E-state index in [0.29, 0.717) is 5.41 Å². The minimum atomic E-state index is 0.365. The molecule has 0 radical (unpaired) electrons. The monoisotopic (exact) mass is 253 g/mol. The Hall–Kier alpha value is -0.450. The summed E-state index contributed by atoms with van der Waals surface area (Å²) in [6.45, 7) is 9.07. The molecule has 0 amide bonds. The van der Waals surface area contributed by atoms with Crippen molar-refractivity contribution in [2.24, 2.45) is 11.3 Å². The first-order chi connectivity index (χ1) is 8.18. The molecule has 0 aromatic carbocycles. The highest BCUT2D eigenvalue weighted by Gasteiger charge is 2.30. The summed E-state index contributed by atoms with van der Waals surface area (Å²) in [5.74, 6) is 0.791. The Bertz CT molecular complexity index is 315. The predicted molar refractivity (Wildman–Crippen MR) is 73.2 cm³/mol. The van der Waals surface area contributed by atoms with Crippen LogP contribution >= 0.6 is 11.3 Å². The van der Waals surface area contributed by atoms with E-state index in [1.54, 1.807) is 11.3 Å². The zero-order valence-corrected chi connectivity index (χ0v) is 11.6. The maximum absolute atomic E-state index is 4.29. The number of nitrogens with zero attached hydrogens (tertiary/aromatic N) is 1. The van der Waals surface area contributed by atoms with Crippen molar-refractivity contribution in [2.75, 3.05) is 19.6 Å². The number of aromatic nitrogens is 1. The van der Waals surface area contributed by atoms with Gasteiger partial charge in [-0.15, -0.1) is 11.3 Å². The number of piperidine rings is 1. The van der Waals surface area contributed by atoms with Gasteiger partial charge in [0.15, 0.2) is 0 Å². The molecule has 1 aromatic heterocycles. The maximum Gasteiger partial charge on any atom is 0.0795 e. The molecule has 0 aliphatic carbocycles. The Balaban J connectivity index is 1.76. The van der Waals surface area contributed by atoms with Crippen LogP contribution in [0.3, 0.4) is 0 Å². The molecule has 0 spiro atoms. The molecule has 2 N–H and O–H groups in total. The number of nitrogens with one attached hydrogen (secondary N) is 2. The van der Waals surface area contributed by atoms with Crippen molar-refractivity contribution in [2.45, 2.75) is 33.2 Å². The van der Waals surface area contributed by atoms with Crippen molar-refractivity contribution in [1.29, 1.82) is 0 Å². The number of hydrogen-bond donors (Lipinski definition) is 2. The molecule has 2 heterocycles. The summed E-state index contributed by atoms with van der Waals surface area (Å²) in [4.78, 5) is 4.29. The van der Waals surface area contributed by atoms with Gasteiger partial charge in [0, 0.05) is 18.5 Å². The zero-order valence-electron chi connectivity index (χ0n) is 10.8. The first-order valence-corrected chi connectivity index (χ1v) is 7.41. The minimum Gasteiger partial charge on any atom is -0.316 e. The largest absolute Gasteiger partial charge is 0.316 e. The van der Waals surface area contributed by atoms with Gasteiger partial charge >= 0.3 is 0 Å². The van der Waals surface area contributed by atoms with Crippen molar-refractivity contribution in [3.63, 3.8) is 0 Å². The van der Waals surface area contributed by atoms with Crippen LogP contribution in [0, 0.1) is 11.3 Å². The summed E-state index contributed by atoms with van der Waals surface area (Å²) in [5.41, 5.74) is 3.42. The Morgan fingerprint density at radius 3 is 3.12 bits per heavy atom. The van der Waals surface area contributed by atoms with E-state index in [9.17, 15) is 0 Å².